The molecule has 0 aliphatic carbocycles. The fourth-order valence-corrected chi connectivity index (χ4v) is 1.50. The quantitative estimate of drug-likeness (QED) is 0.236. The van der Waals surface area contributed by atoms with E-state index in [1.807, 2.05) is 13.8 Å². The van der Waals surface area contributed by atoms with Crippen molar-refractivity contribution in [2.24, 2.45) is 26.6 Å². The zero-order valence-corrected chi connectivity index (χ0v) is 19.2. The average Bonchev–Trinajstić information content (AvgIpc) is 3.05. The molecule has 0 fully saturated rings. The van der Waals surface area contributed by atoms with Crippen LogP contribution in [0.25, 0.3) is 0 Å². The Morgan fingerprint density at radius 2 is 1.62 bits per heavy atom. The van der Waals surface area contributed by atoms with Gasteiger partial charge in [-0.2, -0.15) is 5.56 Å². The first-order valence-corrected chi connectivity index (χ1v) is 6.16. The fraction of sp³-hybridized carbons (Fsp3) is 0.400. The molecule has 0 bridgehead atoms. The van der Waals surface area contributed by atoms with Crippen molar-refractivity contribution < 1.29 is 65.4 Å². The molecule has 10 nitrogen and oxygen atoms in total. The van der Waals surface area contributed by atoms with E-state index in [4.69, 9.17) is 27.1 Å². The molecule has 0 saturated heterocycles. The molecular weight excluding hydrogens is 460 g/mol. The number of nitrogens with one attached hydrogen (secondary N) is 1. The van der Waals surface area contributed by atoms with Crippen LogP contribution >= 0.6 is 0 Å². The zero-order chi connectivity index (χ0) is 16.5. The Morgan fingerprint density at radius 1 is 1.08 bits per heavy atom. The number of aromatic nitrogens is 4. The third-order valence-electron chi connectivity index (χ3n) is 2.54. The van der Waals surface area contributed by atoms with Gasteiger partial charge in [-0.05, 0) is 0 Å². The molecule has 0 unspecified atom stereocenters. The molecule has 0 aliphatic rings. The molecule has 0 aliphatic heterocycles. The summed E-state index contributed by atoms with van der Waals surface area (Å²) in [4.78, 5) is 0. The van der Waals surface area contributed by atoms with Crippen molar-refractivity contribution >= 4 is 27.3 Å². The van der Waals surface area contributed by atoms with Crippen molar-refractivity contribution in [1.82, 2.24) is 19.6 Å². The maximum atomic E-state index is 5.35. The van der Waals surface area contributed by atoms with Crippen LogP contribution in [0.3, 0.4) is 0 Å². The van der Waals surface area contributed by atoms with Crippen LogP contribution in [0, 0.1) is 26.2 Å². The van der Waals surface area contributed by atoms with Gasteiger partial charge >= 0.3 is 64.8 Å². The molecule has 0 aromatic carbocycles. The molecule has 2 heterocycles. The van der Waals surface area contributed by atoms with Crippen molar-refractivity contribution in [2.45, 2.75) is 27.2 Å². The molecule has 5 N–H and O–H groups in total. The predicted molar refractivity (Wildman–Crippen MR) is 82.0 cm³/mol. The fourth-order valence-electron chi connectivity index (χ4n) is 1.50. The van der Waals surface area contributed by atoms with Crippen molar-refractivity contribution in [3.63, 3.8) is 0 Å². The second-order valence-electron chi connectivity index (χ2n) is 3.97. The van der Waals surface area contributed by atoms with Crippen LogP contribution in [0.2, 0.25) is 0 Å². The molecule has 24 heavy (non-hydrogen) atoms. The van der Waals surface area contributed by atoms with E-state index in [1.54, 1.807) is 0 Å². The number of aryl methyl sites for hydroxylation is 2. The Hall–Kier alpha value is -0.122. The first kappa shape index (κ1) is 26.1. The minimum atomic E-state index is 0. The Balaban J connectivity index is 0. The normalized spacial score (nSPS) is 9.46. The third kappa shape index (κ3) is 7.41. The van der Waals surface area contributed by atoms with Gasteiger partial charge in [-0.15, -0.1) is 6.20 Å². The monoisotopic (exact) mass is 475 g/mol. The summed E-state index contributed by atoms with van der Waals surface area (Å²) in [6.45, 7) is 4.18. The van der Waals surface area contributed by atoms with E-state index in [-0.39, 0.29) is 78.8 Å². The Morgan fingerprint density at radius 3 is 2.12 bits per heavy atom. The Bertz CT molecular complexity index is 642. The number of nitrogens with two attached hydrogens (primary N) is 2. The van der Waals surface area contributed by atoms with Gasteiger partial charge in [0.25, 0.3) is 7.98 Å². The van der Waals surface area contributed by atoms with Crippen LogP contribution in [0.5, 0.6) is 0 Å². The van der Waals surface area contributed by atoms with Crippen LogP contribution in [-0.2, 0) is 78.8 Å². The summed E-state index contributed by atoms with van der Waals surface area (Å²) in [6.07, 6.45) is 5.42. The summed E-state index contributed by atoms with van der Waals surface area (Å²) in [5.41, 5.74) is 14.9. The van der Waals surface area contributed by atoms with E-state index in [1.165, 1.54) is 9.36 Å². The topological polar surface area (TPSA) is 137 Å². The largest absolute Gasteiger partial charge is 0.329 e. The van der Waals surface area contributed by atoms with Crippen LogP contribution in [0.4, 0.5) is 11.6 Å². The van der Waals surface area contributed by atoms with Crippen molar-refractivity contribution in [1.29, 1.82) is 0 Å². The van der Waals surface area contributed by atoms with E-state index in [0.29, 0.717) is 11.6 Å². The van der Waals surface area contributed by atoms with Crippen molar-refractivity contribution in [2.75, 3.05) is 5.43 Å². The van der Waals surface area contributed by atoms with Crippen LogP contribution < -0.4 is 16.9 Å². The predicted octanol–water partition coefficient (Wildman–Crippen LogP) is -0.343. The minimum Gasteiger partial charge on any atom is -0.329 e. The van der Waals surface area contributed by atoms with Gasteiger partial charge in [-0.25, -0.2) is 0 Å². The van der Waals surface area contributed by atoms with Crippen LogP contribution in [0.1, 0.15) is 11.1 Å². The number of anilines is 1. The Kier molecular flexibility index (Phi) is 15.3. The minimum absolute atomic E-state index is 0. The van der Waals surface area contributed by atoms with Gasteiger partial charge < -0.3 is 15.5 Å². The summed E-state index contributed by atoms with van der Waals surface area (Å²) in [6, 6.07) is 0. The van der Waals surface area contributed by atoms with Gasteiger partial charge in [0.15, 0.2) is 0 Å². The van der Waals surface area contributed by atoms with Gasteiger partial charge in [0.05, 0.1) is 6.67 Å². The van der Waals surface area contributed by atoms with E-state index < -0.39 is 0 Å². The summed E-state index contributed by atoms with van der Waals surface area (Å²) in [7, 11) is 9.80. The zero-order valence-electron chi connectivity index (χ0n) is 13.5. The first-order chi connectivity index (χ1) is 10.6. The van der Waals surface area contributed by atoms with Crippen molar-refractivity contribution in [3.8, 4) is 0 Å². The summed E-state index contributed by atoms with van der Waals surface area (Å²) in [5, 5.41) is 17.7. The molecule has 14 heteroatoms. The molecule has 0 saturated carbocycles. The number of hydrogen-bond donors (Lipinski definition) is 3. The molecule has 2 aromatic heterocycles. The SMILES string of the molecule is [B]=NNc1c(C)[c-]nn1CN.[B]N=Nc1c(C)[c-]nn1CN.[Y].[Y]. The third-order valence-corrected chi connectivity index (χ3v) is 2.54. The molecule has 5 radical (unpaired) electrons. The maximum Gasteiger partial charge on any atom is 0.290 e. The number of rotatable bonds is 5. The van der Waals surface area contributed by atoms with Gasteiger partial charge in [0.2, 0.25) is 0 Å². The number of hydrogen-bond acceptors (Lipinski definition) is 8. The van der Waals surface area contributed by atoms with Crippen molar-refractivity contribution in [3.05, 3.63) is 23.5 Å². The summed E-state index contributed by atoms with van der Waals surface area (Å²) >= 11 is 0. The summed E-state index contributed by atoms with van der Waals surface area (Å²) < 4.78 is 2.98. The van der Waals surface area contributed by atoms with Crippen LogP contribution in [0.15, 0.2) is 15.1 Å². The van der Waals surface area contributed by atoms with Gasteiger partial charge in [0, 0.05) is 71.2 Å². The maximum absolute atomic E-state index is 5.35. The molecular formula is C10H15B2N10Y2-2. The first-order valence-electron chi connectivity index (χ1n) is 6.16. The molecule has 0 spiro atoms. The molecule has 2 aromatic rings. The molecule has 119 valence electrons. The van der Waals surface area contributed by atoms with Gasteiger partial charge in [-0.3, -0.25) is 10.1 Å². The smallest absolute Gasteiger partial charge is 0.290 e. The number of nitrogens with zero attached hydrogens (tertiary/aromatic N) is 7. The molecule has 2 rings (SSSR count). The molecule has 0 amide bonds. The summed E-state index contributed by atoms with van der Waals surface area (Å²) in [5.74, 6) is 1.23. The standard InChI is InChI=1S/C5H8BN5.C5H7BN5.2Y/c2*1-4-2-8-11(3-7)5(4)9-10-6;;/h9H,3,7H2,1H3;3,7H2,1H3;;/q2*-1;;. The van der Waals surface area contributed by atoms with Gasteiger partial charge in [-0.1, -0.05) is 6.92 Å². The van der Waals surface area contributed by atoms with Gasteiger partial charge in [0.1, 0.15) is 0 Å². The van der Waals surface area contributed by atoms with E-state index in [9.17, 15) is 0 Å². The second kappa shape index (κ2) is 14.1. The van der Waals surface area contributed by atoms with E-state index >= 15 is 0 Å². The second-order valence-corrected chi connectivity index (χ2v) is 3.97. The molecule has 0 atom stereocenters. The Labute approximate surface area is 193 Å². The van der Waals surface area contributed by atoms with Crippen LogP contribution in [-0.4, -0.2) is 35.2 Å². The van der Waals surface area contributed by atoms with E-state index in [2.05, 4.69) is 43.2 Å². The average molecular weight is 475 g/mol. The van der Waals surface area contributed by atoms with E-state index in [0.717, 1.165) is 11.1 Å².